The Morgan fingerprint density at radius 3 is 2.71 bits per heavy atom. The molecular weight excluding hydrogens is 306 g/mol. The predicted octanol–water partition coefficient (Wildman–Crippen LogP) is 4.09. The first-order chi connectivity index (χ1) is 10.1. The molecule has 0 N–H and O–H groups in total. The minimum Gasteiger partial charge on any atom is -0.495 e. The molecule has 0 aliphatic rings. The van der Waals surface area contributed by atoms with E-state index in [0.29, 0.717) is 11.0 Å². The standard InChI is InChI=1S/C15H14ClN3OS/c1-19(2)9-4-5-11-10(8-9)14(16)18-15(17-11)13-12(20-3)6-7-21-13/h4-8H,1-3H3. The number of ether oxygens (including phenoxy) is 1. The first kappa shape index (κ1) is 14.1. The lowest BCUT2D eigenvalue weighted by Gasteiger charge is -2.13. The maximum Gasteiger partial charge on any atom is 0.175 e. The van der Waals surface area contributed by atoms with Crippen molar-refractivity contribution in [1.29, 1.82) is 0 Å². The topological polar surface area (TPSA) is 38.2 Å². The number of hydrogen-bond acceptors (Lipinski definition) is 5. The molecule has 108 valence electrons. The van der Waals surface area contributed by atoms with Crippen molar-refractivity contribution in [2.45, 2.75) is 0 Å². The fourth-order valence-corrected chi connectivity index (χ4v) is 3.10. The van der Waals surface area contributed by atoms with E-state index < -0.39 is 0 Å². The molecular formula is C15H14ClN3OS. The van der Waals surface area contributed by atoms with Crippen molar-refractivity contribution in [1.82, 2.24) is 9.97 Å². The number of aromatic nitrogens is 2. The summed E-state index contributed by atoms with van der Waals surface area (Å²) in [5.41, 5.74) is 1.89. The van der Waals surface area contributed by atoms with Crippen LogP contribution in [0.1, 0.15) is 0 Å². The van der Waals surface area contributed by atoms with Gasteiger partial charge in [0.15, 0.2) is 5.82 Å². The van der Waals surface area contributed by atoms with Gasteiger partial charge in [-0.05, 0) is 29.6 Å². The summed E-state index contributed by atoms with van der Waals surface area (Å²) >= 11 is 7.88. The van der Waals surface area contributed by atoms with Crippen molar-refractivity contribution in [3.05, 3.63) is 34.8 Å². The Balaban J connectivity index is 2.18. The van der Waals surface area contributed by atoms with E-state index in [9.17, 15) is 0 Å². The number of rotatable bonds is 3. The van der Waals surface area contributed by atoms with Crippen molar-refractivity contribution in [2.24, 2.45) is 0 Å². The van der Waals surface area contributed by atoms with E-state index in [2.05, 4.69) is 9.97 Å². The molecule has 3 aromatic rings. The molecule has 0 spiro atoms. The van der Waals surface area contributed by atoms with Crippen LogP contribution in [-0.2, 0) is 0 Å². The van der Waals surface area contributed by atoms with E-state index in [1.807, 2.05) is 48.6 Å². The number of thiophene rings is 1. The van der Waals surface area contributed by atoms with Crippen LogP contribution in [0, 0.1) is 0 Å². The molecule has 6 heteroatoms. The molecule has 0 aliphatic carbocycles. The van der Waals surface area contributed by atoms with Crippen LogP contribution < -0.4 is 9.64 Å². The van der Waals surface area contributed by atoms with E-state index in [4.69, 9.17) is 16.3 Å². The monoisotopic (exact) mass is 319 g/mol. The van der Waals surface area contributed by atoms with Crippen molar-refractivity contribution in [2.75, 3.05) is 26.1 Å². The summed E-state index contributed by atoms with van der Waals surface area (Å²) in [6.07, 6.45) is 0. The van der Waals surface area contributed by atoms with Crippen LogP contribution in [0.4, 0.5) is 5.69 Å². The van der Waals surface area contributed by atoms with E-state index >= 15 is 0 Å². The summed E-state index contributed by atoms with van der Waals surface area (Å²) in [6.45, 7) is 0. The zero-order chi connectivity index (χ0) is 15.0. The van der Waals surface area contributed by atoms with Gasteiger partial charge in [-0.1, -0.05) is 11.6 Å². The third-order valence-corrected chi connectivity index (χ3v) is 4.38. The molecule has 4 nitrogen and oxygen atoms in total. The smallest absolute Gasteiger partial charge is 0.175 e. The second-order valence-corrected chi connectivity index (χ2v) is 6.03. The summed E-state index contributed by atoms with van der Waals surface area (Å²) in [5, 5.41) is 3.25. The first-order valence-electron chi connectivity index (χ1n) is 6.36. The second-order valence-electron chi connectivity index (χ2n) is 4.75. The lowest BCUT2D eigenvalue weighted by molar-refractivity contribution is 0.418. The molecule has 21 heavy (non-hydrogen) atoms. The molecule has 0 saturated heterocycles. The summed E-state index contributed by atoms with van der Waals surface area (Å²) in [7, 11) is 5.61. The van der Waals surface area contributed by atoms with Crippen molar-refractivity contribution in [3.8, 4) is 16.5 Å². The molecule has 2 aromatic heterocycles. The van der Waals surface area contributed by atoms with Gasteiger partial charge in [0.25, 0.3) is 0 Å². The maximum absolute atomic E-state index is 6.35. The molecule has 2 heterocycles. The summed E-state index contributed by atoms with van der Waals surface area (Å²) < 4.78 is 5.32. The molecule has 0 unspecified atom stereocenters. The Kier molecular flexibility index (Phi) is 3.69. The number of methoxy groups -OCH3 is 1. The van der Waals surface area contributed by atoms with Gasteiger partial charge < -0.3 is 9.64 Å². The van der Waals surface area contributed by atoms with Crippen LogP contribution in [0.5, 0.6) is 5.75 Å². The number of hydrogen-bond donors (Lipinski definition) is 0. The number of nitrogens with zero attached hydrogens (tertiary/aromatic N) is 3. The van der Waals surface area contributed by atoms with Crippen LogP contribution in [0.15, 0.2) is 29.6 Å². The molecule has 0 saturated carbocycles. The number of benzene rings is 1. The first-order valence-corrected chi connectivity index (χ1v) is 7.62. The lowest BCUT2D eigenvalue weighted by atomic mass is 10.2. The average Bonchev–Trinajstić information content (AvgIpc) is 2.95. The molecule has 1 aromatic carbocycles. The largest absolute Gasteiger partial charge is 0.495 e. The van der Waals surface area contributed by atoms with E-state index in [0.717, 1.165) is 27.2 Å². The molecule has 3 rings (SSSR count). The quantitative estimate of drug-likeness (QED) is 0.682. The summed E-state index contributed by atoms with van der Waals surface area (Å²) in [6, 6.07) is 7.87. The van der Waals surface area contributed by atoms with Gasteiger partial charge in [-0.2, -0.15) is 0 Å². The third-order valence-electron chi connectivity index (χ3n) is 3.20. The van der Waals surface area contributed by atoms with Crippen LogP contribution in [0.25, 0.3) is 21.6 Å². The van der Waals surface area contributed by atoms with Gasteiger partial charge >= 0.3 is 0 Å². The lowest BCUT2D eigenvalue weighted by Crippen LogP contribution is -2.08. The second kappa shape index (κ2) is 5.50. The van der Waals surface area contributed by atoms with Gasteiger partial charge in [-0.25, -0.2) is 9.97 Å². The fourth-order valence-electron chi connectivity index (χ4n) is 2.08. The number of anilines is 1. The Morgan fingerprint density at radius 1 is 1.19 bits per heavy atom. The van der Waals surface area contributed by atoms with E-state index in [-0.39, 0.29) is 0 Å². The van der Waals surface area contributed by atoms with Crippen molar-refractivity contribution < 1.29 is 4.74 Å². The van der Waals surface area contributed by atoms with Gasteiger partial charge in [0.2, 0.25) is 0 Å². The Morgan fingerprint density at radius 2 is 2.00 bits per heavy atom. The normalized spacial score (nSPS) is 10.9. The Hall–Kier alpha value is -1.85. The summed E-state index contributed by atoms with van der Waals surface area (Å²) in [5.74, 6) is 1.36. The number of fused-ring (bicyclic) bond motifs is 1. The fraction of sp³-hybridized carbons (Fsp3) is 0.200. The van der Waals surface area contributed by atoms with Crippen LogP contribution in [-0.4, -0.2) is 31.2 Å². The molecule has 0 bridgehead atoms. The minimum atomic E-state index is 0.453. The maximum atomic E-state index is 6.35. The molecule has 0 aliphatic heterocycles. The third kappa shape index (κ3) is 2.54. The van der Waals surface area contributed by atoms with Crippen molar-refractivity contribution >= 4 is 39.5 Å². The van der Waals surface area contributed by atoms with E-state index in [1.54, 1.807) is 7.11 Å². The average molecular weight is 320 g/mol. The molecule has 0 radical (unpaired) electrons. The van der Waals surface area contributed by atoms with Gasteiger partial charge in [-0.3, -0.25) is 0 Å². The zero-order valence-electron chi connectivity index (χ0n) is 11.9. The summed E-state index contributed by atoms with van der Waals surface area (Å²) in [4.78, 5) is 11.9. The molecule has 0 amide bonds. The highest BCUT2D eigenvalue weighted by Gasteiger charge is 2.14. The van der Waals surface area contributed by atoms with Gasteiger partial charge in [0.05, 0.1) is 12.6 Å². The zero-order valence-corrected chi connectivity index (χ0v) is 13.5. The van der Waals surface area contributed by atoms with Crippen LogP contribution in [0.3, 0.4) is 0 Å². The van der Waals surface area contributed by atoms with Gasteiger partial charge in [-0.15, -0.1) is 11.3 Å². The van der Waals surface area contributed by atoms with Gasteiger partial charge in [0.1, 0.15) is 15.8 Å². The Labute approximate surface area is 132 Å². The van der Waals surface area contributed by atoms with Crippen molar-refractivity contribution in [3.63, 3.8) is 0 Å². The van der Waals surface area contributed by atoms with Crippen LogP contribution >= 0.6 is 22.9 Å². The predicted molar refractivity (Wildman–Crippen MR) is 88.7 cm³/mol. The molecule has 0 atom stereocenters. The highest BCUT2D eigenvalue weighted by atomic mass is 35.5. The van der Waals surface area contributed by atoms with Crippen LogP contribution in [0.2, 0.25) is 5.15 Å². The molecule has 0 fully saturated rings. The highest BCUT2D eigenvalue weighted by molar-refractivity contribution is 7.13. The number of halogens is 1. The van der Waals surface area contributed by atoms with E-state index in [1.165, 1.54) is 11.3 Å². The highest BCUT2D eigenvalue weighted by Crippen LogP contribution is 2.35. The van der Waals surface area contributed by atoms with Gasteiger partial charge in [0, 0.05) is 25.2 Å². The SMILES string of the molecule is COc1ccsc1-c1nc(Cl)c2cc(N(C)C)ccc2n1. The Bertz CT molecular complexity index is 801. The minimum absolute atomic E-state index is 0.453.